The van der Waals surface area contributed by atoms with Gasteiger partial charge in [-0.05, 0) is 19.3 Å². The van der Waals surface area contributed by atoms with Gasteiger partial charge in [-0.1, -0.05) is 6.42 Å². The van der Waals surface area contributed by atoms with Gasteiger partial charge < -0.3 is 10.3 Å². The smallest absolute Gasteiger partial charge is 0.0435 e. The molecule has 0 aromatic carbocycles. The summed E-state index contributed by atoms with van der Waals surface area (Å²) in [5.74, 6) is 0. The normalized spacial score (nSPS) is 10.8. The van der Waals surface area contributed by atoms with Crippen molar-refractivity contribution in [3.63, 3.8) is 0 Å². The summed E-state index contributed by atoms with van der Waals surface area (Å²) in [4.78, 5) is 0. The van der Waals surface area contributed by atoms with Gasteiger partial charge in [0.05, 0.1) is 0 Å². The number of rotatable bonds is 5. The van der Waals surface area contributed by atoms with E-state index in [0.29, 0.717) is 0 Å². The lowest BCUT2D eigenvalue weighted by Gasteiger charge is -1.91. The Labute approximate surface area is 55.0 Å². The van der Waals surface area contributed by atoms with E-state index < -0.39 is 0 Å². The summed E-state index contributed by atoms with van der Waals surface area (Å²) in [5.41, 5.74) is 0. The maximum atomic E-state index is 8.34. The predicted molar refractivity (Wildman–Crippen MR) is 35.8 cm³/mol. The van der Waals surface area contributed by atoms with Gasteiger partial charge in [0, 0.05) is 12.8 Å². The first-order chi connectivity index (χ1) is 4.41. The van der Waals surface area contributed by atoms with Gasteiger partial charge in [-0.25, -0.2) is 0 Å². The van der Waals surface area contributed by atoms with E-state index in [-0.39, 0.29) is 6.61 Å². The van der Waals surface area contributed by atoms with E-state index in [1.807, 2.05) is 0 Å². The molecule has 0 aromatic heterocycles. The Balaban J connectivity index is 2.75. The standard InChI is InChI=1S/C6H13NO2/c8-6-4-2-1-3-5-7-9/h5,8-9H,1-4,6H2/b7-5+. The van der Waals surface area contributed by atoms with Gasteiger partial charge in [0.2, 0.25) is 0 Å². The van der Waals surface area contributed by atoms with Crippen LogP contribution in [0.5, 0.6) is 0 Å². The molecular formula is C6H13NO2. The van der Waals surface area contributed by atoms with E-state index in [9.17, 15) is 0 Å². The summed E-state index contributed by atoms with van der Waals surface area (Å²) in [6.07, 6.45) is 5.11. The van der Waals surface area contributed by atoms with Crippen LogP contribution in [0.15, 0.2) is 5.16 Å². The van der Waals surface area contributed by atoms with Crippen molar-refractivity contribution < 1.29 is 10.3 Å². The molecule has 0 aliphatic rings. The minimum Gasteiger partial charge on any atom is -0.411 e. The molecule has 0 saturated heterocycles. The third-order valence-corrected chi connectivity index (χ3v) is 1.07. The molecule has 9 heavy (non-hydrogen) atoms. The molecule has 0 fully saturated rings. The minimum absolute atomic E-state index is 0.260. The zero-order chi connectivity index (χ0) is 6.95. The maximum Gasteiger partial charge on any atom is 0.0435 e. The Hall–Kier alpha value is -0.570. The molecule has 3 nitrogen and oxygen atoms in total. The van der Waals surface area contributed by atoms with Crippen LogP contribution in [-0.4, -0.2) is 23.1 Å². The zero-order valence-electron chi connectivity index (χ0n) is 5.45. The van der Waals surface area contributed by atoms with Crippen molar-refractivity contribution in [2.75, 3.05) is 6.61 Å². The Bertz CT molecular complexity index is 73.5. The van der Waals surface area contributed by atoms with Crippen molar-refractivity contribution in [2.24, 2.45) is 5.16 Å². The monoisotopic (exact) mass is 131 g/mol. The first-order valence-electron chi connectivity index (χ1n) is 3.18. The van der Waals surface area contributed by atoms with Gasteiger partial charge in [-0.3, -0.25) is 0 Å². The average Bonchev–Trinajstić information content (AvgIpc) is 1.89. The molecule has 2 N–H and O–H groups in total. The second-order valence-electron chi connectivity index (χ2n) is 1.87. The second-order valence-corrected chi connectivity index (χ2v) is 1.87. The van der Waals surface area contributed by atoms with Crippen molar-refractivity contribution in [2.45, 2.75) is 25.7 Å². The van der Waals surface area contributed by atoms with Crippen LogP contribution in [0.3, 0.4) is 0 Å². The summed E-state index contributed by atoms with van der Waals surface area (Å²) in [6.45, 7) is 0.260. The molecule has 0 aliphatic carbocycles. The highest BCUT2D eigenvalue weighted by Gasteiger charge is 1.84. The van der Waals surface area contributed by atoms with Crippen LogP contribution in [0, 0.1) is 0 Å². The van der Waals surface area contributed by atoms with Crippen molar-refractivity contribution >= 4 is 6.21 Å². The SMILES string of the molecule is OCCCCC/C=N/O. The molecular weight excluding hydrogens is 118 g/mol. The van der Waals surface area contributed by atoms with Crippen molar-refractivity contribution in [3.05, 3.63) is 0 Å². The lowest BCUT2D eigenvalue weighted by atomic mass is 10.2. The number of unbranched alkanes of at least 4 members (excludes halogenated alkanes) is 3. The Morgan fingerprint density at radius 1 is 1.22 bits per heavy atom. The molecule has 0 unspecified atom stereocenters. The van der Waals surface area contributed by atoms with Crippen LogP contribution < -0.4 is 0 Å². The summed E-state index contributed by atoms with van der Waals surface area (Å²) in [7, 11) is 0. The van der Waals surface area contributed by atoms with Crippen LogP contribution in [0.2, 0.25) is 0 Å². The number of hydrogen-bond acceptors (Lipinski definition) is 3. The highest BCUT2D eigenvalue weighted by Crippen LogP contribution is 1.95. The fraction of sp³-hybridized carbons (Fsp3) is 0.833. The largest absolute Gasteiger partial charge is 0.411 e. The van der Waals surface area contributed by atoms with Crippen LogP contribution in [-0.2, 0) is 0 Å². The number of oxime groups is 1. The van der Waals surface area contributed by atoms with Crippen LogP contribution >= 0.6 is 0 Å². The Kier molecular flexibility index (Phi) is 6.96. The van der Waals surface area contributed by atoms with Gasteiger partial charge in [0.15, 0.2) is 0 Å². The first kappa shape index (κ1) is 8.43. The van der Waals surface area contributed by atoms with E-state index in [1.54, 1.807) is 0 Å². The Morgan fingerprint density at radius 3 is 2.56 bits per heavy atom. The highest BCUT2D eigenvalue weighted by atomic mass is 16.4. The summed E-state index contributed by atoms with van der Waals surface area (Å²) in [5, 5.41) is 19.1. The lowest BCUT2D eigenvalue weighted by molar-refractivity contribution is 0.283. The molecule has 0 saturated carbocycles. The van der Waals surface area contributed by atoms with E-state index in [2.05, 4.69) is 5.16 Å². The summed E-state index contributed by atoms with van der Waals surface area (Å²) >= 11 is 0. The number of nitrogens with zero attached hydrogens (tertiary/aromatic N) is 1. The summed E-state index contributed by atoms with van der Waals surface area (Å²) < 4.78 is 0. The van der Waals surface area contributed by atoms with E-state index in [1.165, 1.54) is 6.21 Å². The quantitative estimate of drug-likeness (QED) is 0.253. The Morgan fingerprint density at radius 2 is 2.00 bits per heavy atom. The predicted octanol–water partition coefficient (Wildman–Crippen LogP) is 0.999. The molecule has 0 aliphatic heterocycles. The van der Waals surface area contributed by atoms with E-state index in [4.69, 9.17) is 10.3 Å². The zero-order valence-corrected chi connectivity index (χ0v) is 5.45. The number of aliphatic hydroxyl groups excluding tert-OH is 1. The third kappa shape index (κ3) is 7.43. The maximum absolute atomic E-state index is 8.34. The van der Waals surface area contributed by atoms with Gasteiger partial charge in [-0.15, -0.1) is 5.16 Å². The molecule has 54 valence electrons. The molecule has 0 atom stereocenters. The minimum atomic E-state index is 0.260. The number of aliphatic hydroxyl groups is 1. The van der Waals surface area contributed by atoms with Crippen LogP contribution in [0.4, 0.5) is 0 Å². The lowest BCUT2D eigenvalue weighted by Crippen LogP contribution is -1.83. The first-order valence-corrected chi connectivity index (χ1v) is 3.18. The second kappa shape index (κ2) is 7.43. The topological polar surface area (TPSA) is 52.8 Å². The average molecular weight is 131 g/mol. The summed E-state index contributed by atoms with van der Waals surface area (Å²) in [6, 6.07) is 0. The highest BCUT2D eigenvalue weighted by molar-refractivity contribution is 5.55. The van der Waals surface area contributed by atoms with E-state index in [0.717, 1.165) is 25.7 Å². The molecule has 0 radical (unpaired) electrons. The van der Waals surface area contributed by atoms with Gasteiger partial charge in [-0.2, -0.15) is 0 Å². The van der Waals surface area contributed by atoms with E-state index >= 15 is 0 Å². The van der Waals surface area contributed by atoms with Crippen LogP contribution in [0.1, 0.15) is 25.7 Å². The molecule has 0 aromatic rings. The third-order valence-electron chi connectivity index (χ3n) is 1.07. The molecule has 0 bridgehead atoms. The van der Waals surface area contributed by atoms with Crippen LogP contribution in [0.25, 0.3) is 0 Å². The van der Waals surface area contributed by atoms with Gasteiger partial charge >= 0.3 is 0 Å². The molecule has 0 heterocycles. The van der Waals surface area contributed by atoms with Crippen molar-refractivity contribution in [1.29, 1.82) is 0 Å². The number of hydrogen-bond donors (Lipinski definition) is 2. The molecule has 0 amide bonds. The van der Waals surface area contributed by atoms with Crippen molar-refractivity contribution in [3.8, 4) is 0 Å². The molecule has 0 spiro atoms. The fourth-order valence-corrected chi connectivity index (χ4v) is 0.582. The fourth-order valence-electron chi connectivity index (χ4n) is 0.582. The van der Waals surface area contributed by atoms with Gasteiger partial charge in [0.25, 0.3) is 0 Å². The van der Waals surface area contributed by atoms with Gasteiger partial charge in [0.1, 0.15) is 0 Å². The van der Waals surface area contributed by atoms with Crippen molar-refractivity contribution in [1.82, 2.24) is 0 Å². The molecule has 0 rings (SSSR count). The molecule has 3 heteroatoms.